The zero-order valence-electron chi connectivity index (χ0n) is 11.4. The van der Waals surface area contributed by atoms with E-state index in [0.29, 0.717) is 6.54 Å². The monoisotopic (exact) mass is 282 g/mol. The Hall–Kier alpha value is -2.42. The van der Waals surface area contributed by atoms with E-state index in [2.05, 4.69) is 15.7 Å². The van der Waals surface area contributed by atoms with Gasteiger partial charge in [0.1, 0.15) is 5.69 Å². The third-order valence-corrected chi connectivity index (χ3v) is 2.76. The van der Waals surface area contributed by atoms with E-state index in [1.807, 2.05) is 6.92 Å². The van der Waals surface area contributed by atoms with Gasteiger partial charge in [0, 0.05) is 19.7 Å². The Bertz CT molecular complexity index is 510. The number of hydrazine groups is 1. The Labute approximate surface area is 116 Å². The number of nitrogens with two attached hydrogens (primary N) is 1. The van der Waals surface area contributed by atoms with Crippen molar-refractivity contribution in [1.29, 1.82) is 0 Å². The Morgan fingerprint density at radius 3 is 2.90 bits per heavy atom. The fourth-order valence-electron chi connectivity index (χ4n) is 1.62. The van der Waals surface area contributed by atoms with Gasteiger partial charge in [-0.1, -0.05) is 6.92 Å². The molecular weight excluding hydrogens is 264 g/mol. The molecule has 9 heteroatoms. The van der Waals surface area contributed by atoms with Crippen molar-refractivity contribution in [2.24, 2.45) is 17.9 Å². The Morgan fingerprint density at radius 1 is 1.70 bits per heavy atom. The van der Waals surface area contributed by atoms with Crippen molar-refractivity contribution in [2.45, 2.75) is 19.4 Å². The van der Waals surface area contributed by atoms with Gasteiger partial charge < -0.3 is 15.3 Å². The van der Waals surface area contributed by atoms with Gasteiger partial charge in [0.15, 0.2) is 0 Å². The van der Waals surface area contributed by atoms with Gasteiger partial charge in [0.25, 0.3) is 11.6 Å². The van der Waals surface area contributed by atoms with Crippen molar-refractivity contribution < 1.29 is 9.72 Å². The standard InChI is InChI=1S/C11H18N6O3/c1-3-8(14-7-15-12)5-13-11(18)10-4-9(17(19)20)6-16(10)2/h4,6-8H,3,5,12H2,1-2H3,(H,13,18)(H,14,15). The van der Waals surface area contributed by atoms with E-state index in [1.54, 1.807) is 7.05 Å². The van der Waals surface area contributed by atoms with Crippen LogP contribution in [0.5, 0.6) is 0 Å². The number of aryl methyl sites for hydroxylation is 1. The van der Waals surface area contributed by atoms with Gasteiger partial charge in [0.05, 0.1) is 23.5 Å². The van der Waals surface area contributed by atoms with Crippen LogP contribution in [0.3, 0.4) is 0 Å². The molecule has 1 unspecified atom stereocenters. The summed E-state index contributed by atoms with van der Waals surface area (Å²) < 4.78 is 1.42. The average molecular weight is 282 g/mol. The molecule has 1 amide bonds. The Morgan fingerprint density at radius 2 is 2.40 bits per heavy atom. The summed E-state index contributed by atoms with van der Waals surface area (Å²) in [5.74, 6) is 4.70. The lowest BCUT2D eigenvalue weighted by molar-refractivity contribution is -0.384. The summed E-state index contributed by atoms with van der Waals surface area (Å²) in [5, 5.41) is 13.3. The zero-order chi connectivity index (χ0) is 15.1. The summed E-state index contributed by atoms with van der Waals surface area (Å²) in [4.78, 5) is 26.1. The topological polar surface area (TPSA) is 128 Å². The lowest BCUT2D eigenvalue weighted by Crippen LogP contribution is -2.33. The normalized spacial score (nSPS) is 12.3. The number of nitrogens with zero attached hydrogens (tertiary/aromatic N) is 3. The van der Waals surface area contributed by atoms with Crippen LogP contribution in [0.2, 0.25) is 0 Å². The predicted octanol–water partition coefficient (Wildman–Crippen LogP) is -0.0667. The van der Waals surface area contributed by atoms with Crippen LogP contribution in [0.15, 0.2) is 17.3 Å². The van der Waals surface area contributed by atoms with Crippen LogP contribution < -0.4 is 16.6 Å². The number of aromatic nitrogens is 1. The van der Waals surface area contributed by atoms with Crippen LogP contribution in [0.4, 0.5) is 5.69 Å². The van der Waals surface area contributed by atoms with Crippen LogP contribution in [0.25, 0.3) is 0 Å². The van der Waals surface area contributed by atoms with Gasteiger partial charge in [-0.05, 0) is 6.42 Å². The molecule has 0 saturated heterocycles. The van der Waals surface area contributed by atoms with E-state index in [0.717, 1.165) is 6.42 Å². The molecule has 0 saturated carbocycles. The molecule has 0 aliphatic heterocycles. The van der Waals surface area contributed by atoms with Crippen LogP contribution in [-0.4, -0.2) is 34.3 Å². The number of carbonyl (C=O) groups is 1. The van der Waals surface area contributed by atoms with Crippen LogP contribution >= 0.6 is 0 Å². The molecule has 110 valence electrons. The first kappa shape index (κ1) is 15.6. The third-order valence-electron chi connectivity index (χ3n) is 2.76. The first-order valence-electron chi connectivity index (χ1n) is 6.06. The summed E-state index contributed by atoms with van der Waals surface area (Å²) >= 11 is 0. The first-order valence-corrected chi connectivity index (χ1v) is 6.06. The van der Waals surface area contributed by atoms with Crippen molar-refractivity contribution in [2.75, 3.05) is 6.54 Å². The molecule has 0 fully saturated rings. The van der Waals surface area contributed by atoms with E-state index in [4.69, 9.17) is 5.84 Å². The smallest absolute Gasteiger partial charge is 0.287 e. The predicted molar refractivity (Wildman–Crippen MR) is 74.3 cm³/mol. The maximum absolute atomic E-state index is 11.9. The molecule has 20 heavy (non-hydrogen) atoms. The van der Waals surface area contributed by atoms with Gasteiger partial charge in [-0.3, -0.25) is 19.9 Å². The molecule has 1 atom stereocenters. The van der Waals surface area contributed by atoms with Crippen molar-refractivity contribution in [3.63, 3.8) is 0 Å². The molecule has 1 heterocycles. The molecule has 0 spiro atoms. The fraction of sp³-hybridized carbons (Fsp3) is 0.455. The summed E-state index contributed by atoms with van der Waals surface area (Å²) in [6.45, 7) is 2.25. The lowest BCUT2D eigenvalue weighted by atomic mass is 10.2. The number of rotatable bonds is 7. The second kappa shape index (κ2) is 7.24. The summed E-state index contributed by atoms with van der Waals surface area (Å²) in [6.07, 6.45) is 3.38. The highest BCUT2D eigenvalue weighted by Gasteiger charge is 2.17. The van der Waals surface area contributed by atoms with Crippen LogP contribution in [-0.2, 0) is 7.05 Å². The lowest BCUT2D eigenvalue weighted by Gasteiger charge is -2.11. The molecule has 1 rings (SSSR count). The second-order valence-corrected chi connectivity index (χ2v) is 4.17. The Kier molecular flexibility index (Phi) is 5.66. The number of amides is 1. The van der Waals surface area contributed by atoms with E-state index >= 15 is 0 Å². The van der Waals surface area contributed by atoms with E-state index in [-0.39, 0.29) is 23.3 Å². The Balaban J connectivity index is 2.67. The quantitative estimate of drug-likeness (QED) is 0.212. The second-order valence-electron chi connectivity index (χ2n) is 4.17. The number of aliphatic imine (C=N–C) groups is 1. The van der Waals surface area contributed by atoms with E-state index < -0.39 is 4.92 Å². The van der Waals surface area contributed by atoms with Crippen LogP contribution in [0, 0.1) is 10.1 Å². The molecule has 0 aliphatic carbocycles. The maximum Gasteiger partial charge on any atom is 0.287 e. The van der Waals surface area contributed by atoms with Crippen molar-refractivity contribution in [3.05, 3.63) is 28.1 Å². The minimum absolute atomic E-state index is 0.106. The SMILES string of the molecule is CCC(CNC(=O)c1cc([N+](=O)[O-])cn1C)N=CNN. The van der Waals surface area contributed by atoms with Crippen LogP contribution in [0.1, 0.15) is 23.8 Å². The largest absolute Gasteiger partial charge is 0.349 e. The highest BCUT2D eigenvalue weighted by Crippen LogP contribution is 2.14. The van der Waals surface area contributed by atoms with Crippen molar-refractivity contribution in [3.8, 4) is 0 Å². The van der Waals surface area contributed by atoms with Gasteiger partial charge in [0.2, 0.25) is 0 Å². The number of nitro groups is 1. The summed E-state index contributed by atoms with van der Waals surface area (Å²) in [7, 11) is 1.58. The van der Waals surface area contributed by atoms with Gasteiger partial charge in [-0.2, -0.15) is 0 Å². The minimum atomic E-state index is -0.539. The highest BCUT2D eigenvalue weighted by atomic mass is 16.6. The average Bonchev–Trinajstić information content (AvgIpc) is 2.81. The van der Waals surface area contributed by atoms with Crippen molar-refractivity contribution in [1.82, 2.24) is 15.3 Å². The molecule has 4 N–H and O–H groups in total. The fourth-order valence-corrected chi connectivity index (χ4v) is 1.62. The van der Waals surface area contributed by atoms with Gasteiger partial charge >= 0.3 is 0 Å². The molecule has 1 aromatic rings. The third kappa shape index (κ3) is 4.05. The molecule has 9 nitrogen and oxygen atoms in total. The number of hydrogen-bond donors (Lipinski definition) is 3. The van der Waals surface area contributed by atoms with Gasteiger partial charge in [-0.15, -0.1) is 0 Å². The first-order chi connectivity index (χ1) is 9.49. The summed E-state index contributed by atoms with van der Waals surface area (Å²) in [6, 6.07) is 1.13. The summed E-state index contributed by atoms with van der Waals surface area (Å²) in [5.41, 5.74) is 2.41. The van der Waals surface area contributed by atoms with Gasteiger partial charge in [-0.25, -0.2) is 5.84 Å². The molecule has 0 aliphatic rings. The highest BCUT2D eigenvalue weighted by molar-refractivity contribution is 5.93. The van der Waals surface area contributed by atoms with E-state index in [9.17, 15) is 14.9 Å². The molecule has 0 radical (unpaired) electrons. The maximum atomic E-state index is 11.9. The molecule has 1 aromatic heterocycles. The zero-order valence-corrected chi connectivity index (χ0v) is 11.4. The number of hydrogen-bond acceptors (Lipinski definition) is 5. The molecule has 0 aromatic carbocycles. The molecule has 0 bridgehead atoms. The molecular formula is C11H18N6O3. The van der Waals surface area contributed by atoms with Crippen molar-refractivity contribution >= 4 is 17.9 Å². The number of carbonyl (C=O) groups excluding carboxylic acids is 1. The minimum Gasteiger partial charge on any atom is -0.349 e. The number of nitrogens with one attached hydrogen (secondary N) is 2. The van der Waals surface area contributed by atoms with E-state index in [1.165, 1.54) is 23.2 Å².